The molecular weight excluding hydrogens is 541 g/mol. The van der Waals surface area contributed by atoms with Gasteiger partial charge in [-0.25, -0.2) is 23.2 Å². The Morgan fingerprint density at radius 1 is 0.921 bits per heavy atom. The van der Waals surface area contributed by atoms with Crippen molar-refractivity contribution in [3.8, 4) is 34.0 Å². The first kappa shape index (κ1) is 25.7. The van der Waals surface area contributed by atoms with Gasteiger partial charge in [0.15, 0.2) is 5.65 Å². The fourth-order valence-corrected chi connectivity index (χ4v) is 4.66. The molecule has 0 saturated carbocycles. The number of rotatable bonds is 5. The Hall–Kier alpha value is -3.93. The predicted octanol–water partition coefficient (Wildman–Crippen LogP) is 6.08. The van der Waals surface area contributed by atoms with Crippen LogP contribution in [0.4, 0.5) is 13.2 Å². The van der Waals surface area contributed by atoms with Crippen LogP contribution in [0.5, 0.6) is 5.75 Å². The minimum atomic E-state index is -4.74. The van der Waals surface area contributed by atoms with Crippen LogP contribution < -0.4 is 9.88 Å². The number of hydrogen-bond acceptors (Lipinski definition) is 5. The van der Waals surface area contributed by atoms with Crippen LogP contribution in [0.25, 0.3) is 39.2 Å². The number of halogens is 4. The number of fused-ring (bicyclic) bond motifs is 1. The largest absolute Gasteiger partial charge is 0.497 e. The molecule has 5 rings (SSSR count). The van der Waals surface area contributed by atoms with Gasteiger partial charge in [-0.2, -0.15) is 18.3 Å². The highest BCUT2D eigenvalue weighted by molar-refractivity contribution is 7.89. The Morgan fingerprint density at radius 2 is 1.53 bits per heavy atom. The van der Waals surface area contributed by atoms with Gasteiger partial charge in [-0.1, -0.05) is 23.7 Å². The second kappa shape index (κ2) is 9.43. The van der Waals surface area contributed by atoms with Crippen molar-refractivity contribution in [1.29, 1.82) is 0 Å². The Morgan fingerprint density at radius 3 is 2.08 bits per heavy atom. The molecule has 0 bridgehead atoms. The fourth-order valence-electron chi connectivity index (χ4n) is 4.02. The monoisotopic (exact) mass is 558 g/mol. The van der Waals surface area contributed by atoms with E-state index in [1.165, 1.54) is 36.1 Å². The molecule has 38 heavy (non-hydrogen) atoms. The third kappa shape index (κ3) is 4.83. The Bertz CT molecular complexity index is 1750. The van der Waals surface area contributed by atoms with E-state index in [-0.39, 0.29) is 33.0 Å². The molecule has 12 heteroatoms. The number of benzene rings is 3. The van der Waals surface area contributed by atoms with Crippen LogP contribution in [0.15, 0.2) is 83.8 Å². The minimum Gasteiger partial charge on any atom is -0.497 e. The quantitative estimate of drug-likeness (QED) is 0.282. The number of methoxy groups -OCH3 is 1. The number of nitrogens with zero attached hydrogens (tertiary/aromatic N) is 3. The molecule has 0 atom stereocenters. The number of primary sulfonamides is 1. The van der Waals surface area contributed by atoms with Crippen LogP contribution in [-0.2, 0) is 16.2 Å². The van der Waals surface area contributed by atoms with E-state index in [9.17, 15) is 21.6 Å². The summed E-state index contributed by atoms with van der Waals surface area (Å²) in [6, 6.07) is 19.0. The molecule has 194 valence electrons. The van der Waals surface area contributed by atoms with E-state index in [4.69, 9.17) is 21.5 Å². The van der Waals surface area contributed by atoms with Gasteiger partial charge in [0.2, 0.25) is 10.0 Å². The summed E-state index contributed by atoms with van der Waals surface area (Å²) in [5.74, 6) is 0.538. The van der Waals surface area contributed by atoms with Crippen LogP contribution in [0, 0.1) is 0 Å². The van der Waals surface area contributed by atoms with Gasteiger partial charge in [-0.3, -0.25) is 0 Å². The molecule has 0 fully saturated rings. The SMILES string of the molecule is COc1ccc(-c2cc(C(F)(F)F)c3c(-c4ccc(Cl)cc4)nn(-c4ccc(S(N)(=O)=O)cc4)c3n2)cc1. The summed E-state index contributed by atoms with van der Waals surface area (Å²) >= 11 is 6.00. The van der Waals surface area contributed by atoms with Gasteiger partial charge in [0.05, 0.1) is 34.3 Å². The first-order valence-corrected chi connectivity index (χ1v) is 12.9. The van der Waals surface area contributed by atoms with E-state index in [2.05, 4.69) is 10.1 Å². The zero-order valence-corrected chi connectivity index (χ0v) is 21.1. The Labute approximate surface area is 220 Å². The van der Waals surface area contributed by atoms with E-state index >= 15 is 0 Å². The second-order valence-electron chi connectivity index (χ2n) is 8.29. The number of alkyl halides is 3. The highest BCUT2D eigenvalue weighted by Crippen LogP contribution is 2.42. The van der Waals surface area contributed by atoms with Crippen molar-refractivity contribution in [2.24, 2.45) is 5.14 Å². The molecule has 0 aliphatic rings. The van der Waals surface area contributed by atoms with E-state index < -0.39 is 21.8 Å². The van der Waals surface area contributed by atoms with Gasteiger partial charge in [0, 0.05) is 16.1 Å². The van der Waals surface area contributed by atoms with Gasteiger partial charge >= 0.3 is 6.18 Å². The van der Waals surface area contributed by atoms with Gasteiger partial charge in [-0.15, -0.1) is 0 Å². The second-order valence-corrected chi connectivity index (χ2v) is 10.3. The molecular formula is C26H18ClF3N4O3S. The van der Waals surface area contributed by atoms with Crippen molar-refractivity contribution in [2.75, 3.05) is 7.11 Å². The first-order chi connectivity index (χ1) is 18.0. The molecule has 0 unspecified atom stereocenters. The lowest BCUT2D eigenvalue weighted by molar-refractivity contribution is -0.136. The number of ether oxygens (including phenoxy) is 1. The molecule has 0 spiro atoms. The minimum absolute atomic E-state index is 0.0355. The molecule has 0 saturated heterocycles. The highest BCUT2D eigenvalue weighted by Gasteiger charge is 2.36. The topological polar surface area (TPSA) is 100 Å². The van der Waals surface area contributed by atoms with Gasteiger partial charge in [0.1, 0.15) is 11.4 Å². The molecule has 0 amide bonds. The maximum absolute atomic E-state index is 14.5. The molecule has 0 radical (unpaired) electrons. The van der Waals surface area contributed by atoms with Crippen LogP contribution in [0.3, 0.4) is 0 Å². The fraction of sp³-hybridized carbons (Fsp3) is 0.0769. The van der Waals surface area contributed by atoms with Gasteiger partial charge in [-0.05, 0) is 66.7 Å². The molecule has 2 N–H and O–H groups in total. The van der Waals surface area contributed by atoms with Crippen molar-refractivity contribution in [3.63, 3.8) is 0 Å². The van der Waals surface area contributed by atoms with Crippen LogP contribution >= 0.6 is 11.6 Å². The average molecular weight is 559 g/mol. The smallest absolute Gasteiger partial charge is 0.417 e. The van der Waals surface area contributed by atoms with E-state index in [1.54, 1.807) is 48.5 Å². The summed E-state index contributed by atoms with van der Waals surface area (Å²) in [5, 5.41) is 9.89. The molecule has 5 aromatic rings. The van der Waals surface area contributed by atoms with E-state index in [0.717, 1.165) is 6.07 Å². The Kier molecular flexibility index (Phi) is 6.38. The van der Waals surface area contributed by atoms with Crippen molar-refractivity contribution >= 4 is 32.7 Å². The van der Waals surface area contributed by atoms with Crippen molar-refractivity contribution in [2.45, 2.75) is 11.1 Å². The normalized spacial score (nSPS) is 12.2. The lowest BCUT2D eigenvalue weighted by atomic mass is 10.0. The number of pyridine rings is 1. The first-order valence-electron chi connectivity index (χ1n) is 11.0. The molecule has 2 aromatic heterocycles. The Balaban J connectivity index is 1.84. The zero-order valence-electron chi connectivity index (χ0n) is 19.6. The van der Waals surface area contributed by atoms with Crippen LogP contribution in [-0.4, -0.2) is 30.3 Å². The summed E-state index contributed by atoms with van der Waals surface area (Å²) in [6.45, 7) is 0. The number of hydrogen-bond donors (Lipinski definition) is 1. The zero-order chi connectivity index (χ0) is 27.2. The van der Waals surface area contributed by atoms with Crippen molar-refractivity contribution in [1.82, 2.24) is 14.8 Å². The van der Waals surface area contributed by atoms with Gasteiger partial charge in [0.25, 0.3) is 0 Å². The molecule has 2 heterocycles. The summed E-state index contributed by atoms with van der Waals surface area (Å²) in [7, 11) is -2.49. The third-order valence-corrected chi connectivity index (χ3v) is 7.04. The molecule has 3 aromatic carbocycles. The van der Waals surface area contributed by atoms with Gasteiger partial charge < -0.3 is 4.74 Å². The summed E-state index contributed by atoms with van der Waals surface area (Å²) in [4.78, 5) is 4.42. The third-order valence-electron chi connectivity index (χ3n) is 5.86. The summed E-state index contributed by atoms with van der Waals surface area (Å²) in [5.41, 5.74) is 0.220. The molecule has 7 nitrogen and oxygen atoms in total. The molecule has 0 aliphatic carbocycles. The highest BCUT2D eigenvalue weighted by atomic mass is 35.5. The van der Waals surface area contributed by atoms with Crippen LogP contribution in [0.1, 0.15) is 5.56 Å². The lowest BCUT2D eigenvalue weighted by Gasteiger charge is -2.12. The number of aromatic nitrogens is 3. The summed E-state index contributed by atoms with van der Waals surface area (Å²) < 4.78 is 73.3. The maximum Gasteiger partial charge on any atom is 0.417 e. The van der Waals surface area contributed by atoms with E-state index in [0.29, 0.717) is 21.9 Å². The van der Waals surface area contributed by atoms with Crippen molar-refractivity contribution in [3.05, 3.63) is 89.4 Å². The van der Waals surface area contributed by atoms with Crippen LogP contribution in [0.2, 0.25) is 5.02 Å². The summed E-state index contributed by atoms with van der Waals surface area (Å²) in [6.07, 6.45) is -4.74. The predicted molar refractivity (Wildman–Crippen MR) is 138 cm³/mol. The lowest BCUT2D eigenvalue weighted by Crippen LogP contribution is -2.12. The average Bonchev–Trinajstić information content (AvgIpc) is 3.27. The van der Waals surface area contributed by atoms with Crippen molar-refractivity contribution < 1.29 is 26.3 Å². The van der Waals surface area contributed by atoms with E-state index in [1.807, 2.05) is 0 Å². The maximum atomic E-state index is 14.5. The number of nitrogens with two attached hydrogens (primary N) is 1. The standard InChI is InChI=1S/C26H18ClF3N4O3S/c1-37-19-10-4-15(5-11-19)22-14-21(26(28,29)30)23-24(16-2-6-17(27)7-3-16)33-34(25(23)32-22)18-8-12-20(13-9-18)38(31,35)36/h2-14H,1H3,(H2,31,35,36). The molecule has 0 aliphatic heterocycles. The number of sulfonamides is 1.